The second-order valence-electron chi connectivity index (χ2n) is 6.54. The van der Waals surface area contributed by atoms with Crippen LogP contribution in [0, 0.1) is 4.84 Å². The summed E-state index contributed by atoms with van der Waals surface area (Å²) in [7, 11) is 0. The van der Waals surface area contributed by atoms with Gasteiger partial charge in [-0.2, -0.15) is 0 Å². The van der Waals surface area contributed by atoms with Gasteiger partial charge in [-0.15, -0.1) is 5.10 Å². The number of benzene rings is 1. The predicted octanol–water partition coefficient (Wildman–Crippen LogP) is 3.45. The van der Waals surface area contributed by atoms with Crippen molar-refractivity contribution >= 4 is 18.0 Å². The normalized spacial score (nSPS) is 15.0. The Labute approximate surface area is 169 Å². The van der Waals surface area contributed by atoms with Crippen molar-refractivity contribution in [2.45, 2.75) is 13.6 Å². The minimum atomic E-state index is 0.369. The molecule has 0 radical (unpaired) electrons. The second kappa shape index (κ2) is 8.53. The van der Waals surface area contributed by atoms with E-state index < -0.39 is 0 Å². The van der Waals surface area contributed by atoms with Crippen molar-refractivity contribution in [2.24, 2.45) is 0 Å². The van der Waals surface area contributed by atoms with Gasteiger partial charge < -0.3 is 14.1 Å². The maximum atomic E-state index is 5.76. The van der Waals surface area contributed by atoms with Crippen LogP contribution < -0.4 is 9.64 Å². The summed E-state index contributed by atoms with van der Waals surface area (Å²) < 4.78 is 13.2. The SMILES string of the molecule is CCOc1ccccc1-c1nn(CN2CCN(c3ccccn3)CC2)c(=S)o1. The zero-order chi connectivity index (χ0) is 19.3. The molecule has 0 aliphatic carbocycles. The topological polar surface area (TPSA) is 59.6 Å². The predicted molar refractivity (Wildman–Crippen MR) is 110 cm³/mol. The zero-order valence-electron chi connectivity index (χ0n) is 15.8. The minimum absolute atomic E-state index is 0.369. The molecule has 2 aromatic heterocycles. The monoisotopic (exact) mass is 397 g/mol. The number of anilines is 1. The molecule has 1 aliphatic rings. The van der Waals surface area contributed by atoms with Gasteiger partial charge in [0.05, 0.1) is 18.8 Å². The van der Waals surface area contributed by atoms with Crippen LogP contribution in [0.25, 0.3) is 11.5 Å². The Morgan fingerprint density at radius 1 is 1.07 bits per heavy atom. The molecule has 0 amide bonds. The number of hydrogen-bond acceptors (Lipinski definition) is 7. The molecule has 8 heteroatoms. The molecule has 0 spiro atoms. The Hall–Kier alpha value is -2.71. The lowest BCUT2D eigenvalue weighted by atomic mass is 10.2. The minimum Gasteiger partial charge on any atom is -0.493 e. The van der Waals surface area contributed by atoms with Crippen molar-refractivity contribution in [1.29, 1.82) is 0 Å². The molecule has 0 N–H and O–H groups in total. The van der Waals surface area contributed by atoms with E-state index in [9.17, 15) is 0 Å². The molecule has 146 valence electrons. The molecule has 4 rings (SSSR count). The maximum Gasteiger partial charge on any atom is 0.288 e. The zero-order valence-corrected chi connectivity index (χ0v) is 16.6. The van der Waals surface area contributed by atoms with E-state index >= 15 is 0 Å². The molecule has 3 heterocycles. The van der Waals surface area contributed by atoms with E-state index in [4.69, 9.17) is 21.4 Å². The number of aromatic nitrogens is 3. The molecule has 1 saturated heterocycles. The molecular formula is C20H23N5O2S. The highest BCUT2D eigenvalue weighted by Crippen LogP contribution is 2.28. The molecular weight excluding hydrogens is 374 g/mol. The highest BCUT2D eigenvalue weighted by molar-refractivity contribution is 7.71. The first-order chi connectivity index (χ1) is 13.7. The molecule has 7 nitrogen and oxygen atoms in total. The number of para-hydroxylation sites is 1. The second-order valence-corrected chi connectivity index (χ2v) is 6.89. The van der Waals surface area contributed by atoms with E-state index in [2.05, 4.69) is 19.9 Å². The number of pyridine rings is 1. The van der Waals surface area contributed by atoms with Gasteiger partial charge in [0.1, 0.15) is 11.6 Å². The van der Waals surface area contributed by atoms with E-state index in [1.807, 2.05) is 55.6 Å². The molecule has 0 saturated carbocycles. The van der Waals surface area contributed by atoms with Gasteiger partial charge in [0.2, 0.25) is 0 Å². The third-order valence-electron chi connectivity index (χ3n) is 4.70. The van der Waals surface area contributed by atoms with Crippen molar-refractivity contribution in [3.63, 3.8) is 0 Å². The first-order valence-corrected chi connectivity index (χ1v) is 9.84. The standard InChI is InChI=1S/C20H23N5O2S/c1-2-26-17-8-4-3-7-16(17)19-22-25(20(28)27-19)15-23-11-13-24(14-12-23)18-9-5-6-10-21-18/h3-10H,2,11-15H2,1H3. The molecule has 0 bridgehead atoms. The Balaban J connectivity index is 1.44. The number of nitrogens with zero attached hydrogens (tertiary/aromatic N) is 5. The fraction of sp³-hybridized carbons (Fsp3) is 0.350. The van der Waals surface area contributed by atoms with Gasteiger partial charge in [0, 0.05) is 32.4 Å². The van der Waals surface area contributed by atoms with Crippen LogP contribution in [0.1, 0.15) is 6.92 Å². The average molecular weight is 398 g/mol. The molecule has 1 aliphatic heterocycles. The van der Waals surface area contributed by atoms with Crippen molar-refractivity contribution in [2.75, 3.05) is 37.7 Å². The number of hydrogen-bond donors (Lipinski definition) is 0. The Kier molecular flexibility index (Phi) is 5.68. The first-order valence-electron chi connectivity index (χ1n) is 9.43. The summed E-state index contributed by atoms with van der Waals surface area (Å²) in [5.41, 5.74) is 0.814. The fourth-order valence-electron chi connectivity index (χ4n) is 3.28. The van der Waals surface area contributed by atoms with Crippen molar-refractivity contribution in [3.05, 3.63) is 53.5 Å². The summed E-state index contributed by atoms with van der Waals surface area (Å²) in [6.07, 6.45) is 1.83. The van der Waals surface area contributed by atoms with Crippen LogP contribution in [-0.2, 0) is 6.67 Å². The van der Waals surface area contributed by atoms with Crippen LogP contribution in [0.5, 0.6) is 5.75 Å². The van der Waals surface area contributed by atoms with Gasteiger partial charge in [-0.25, -0.2) is 9.67 Å². The fourth-order valence-corrected chi connectivity index (χ4v) is 3.46. The van der Waals surface area contributed by atoms with Crippen molar-refractivity contribution in [3.8, 4) is 17.2 Å². The number of ether oxygens (including phenoxy) is 1. The summed E-state index contributed by atoms with van der Waals surface area (Å²) in [4.78, 5) is 9.41. The largest absolute Gasteiger partial charge is 0.493 e. The summed E-state index contributed by atoms with van der Waals surface area (Å²) in [6.45, 7) is 6.81. The molecule has 1 aromatic carbocycles. The van der Waals surface area contributed by atoms with Gasteiger partial charge in [0.15, 0.2) is 0 Å². The number of rotatable bonds is 6. The molecule has 28 heavy (non-hydrogen) atoms. The van der Waals surface area contributed by atoms with Crippen LogP contribution in [-0.4, -0.2) is 52.5 Å². The molecule has 3 aromatic rings. The molecule has 0 unspecified atom stereocenters. The summed E-state index contributed by atoms with van der Waals surface area (Å²) in [5.74, 6) is 2.26. The lowest BCUT2D eigenvalue weighted by Gasteiger charge is -2.34. The summed E-state index contributed by atoms with van der Waals surface area (Å²) in [6, 6.07) is 13.7. The van der Waals surface area contributed by atoms with Crippen LogP contribution in [0.15, 0.2) is 53.1 Å². The van der Waals surface area contributed by atoms with Crippen molar-refractivity contribution < 1.29 is 9.15 Å². The third-order valence-corrected chi connectivity index (χ3v) is 5.00. The lowest BCUT2D eigenvalue weighted by Crippen LogP contribution is -2.47. The van der Waals surface area contributed by atoms with E-state index in [1.54, 1.807) is 4.68 Å². The van der Waals surface area contributed by atoms with Gasteiger partial charge >= 0.3 is 0 Å². The van der Waals surface area contributed by atoms with Gasteiger partial charge in [0.25, 0.3) is 10.7 Å². The Bertz CT molecular complexity index is 964. The van der Waals surface area contributed by atoms with E-state index in [-0.39, 0.29) is 0 Å². The van der Waals surface area contributed by atoms with Gasteiger partial charge in [-0.3, -0.25) is 4.90 Å². The van der Waals surface area contributed by atoms with Crippen LogP contribution >= 0.6 is 12.2 Å². The molecule has 1 fully saturated rings. The number of piperazine rings is 1. The Morgan fingerprint density at radius 2 is 1.86 bits per heavy atom. The van der Waals surface area contributed by atoms with E-state index in [0.29, 0.717) is 24.0 Å². The quantitative estimate of drug-likeness (QED) is 0.591. The highest BCUT2D eigenvalue weighted by atomic mass is 32.1. The molecule has 0 atom stereocenters. The van der Waals surface area contributed by atoms with Crippen LogP contribution in [0.4, 0.5) is 5.82 Å². The summed E-state index contributed by atoms with van der Waals surface area (Å²) >= 11 is 5.39. The maximum absolute atomic E-state index is 5.76. The highest BCUT2D eigenvalue weighted by Gasteiger charge is 2.20. The first kappa shape index (κ1) is 18.6. The van der Waals surface area contributed by atoms with Gasteiger partial charge in [-0.1, -0.05) is 18.2 Å². The van der Waals surface area contributed by atoms with Gasteiger partial charge in [-0.05, 0) is 43.4 Å². The average Bonchev–Trinajstić information content (AvgIpc) is 3.10. The van der Waals surface area contributed by atoms with E-state index in [1.165, 1.54) is 0 Å². The van der Waals surface area contributed by atoms with Crippen molar-refractivity contribution in [1.82, 2.24) is 19.7 Å². The Morgan fingerprint density at radius 3 is 2.61 bits per heavy atom. The van der Waals surface area contributed by atoms with Crippen LogP contribution in [0.2, 0.25) is 0 Å². The third kappa shape index (κ3) is 4.07. The van der Waals surface area contributed by atoms with Crippen LogP contribution in [0.3, 0.4) is 0 Å². The smallest absolute Gasteiger partial charge is 0.288 e. The van der Waals surface area contributed by atoms with E-state index in [0.717, 1.165) is 43.3 Å². The summed E-state index contributed by atoms with van der Waals surface area (Å²) in [5, 5.41) is 4.59. The lowest BCUT2D eigenvalue weighted by molar-refractivity contribution is 0.192.